The van der Waals surface area contributed by atoms with Gasteiger partial charge in [-0.1, -0.05) is 29.8 Å². The quantitative estimate of drug-likeness (QED) is 0.914. The number of halogens is 1. The first kappa shape index (κ1) is 13.9. The largest absolute Gasteiger partial charge is 0.333 e. The number of benzene rings is 1. The van der Waals surface area contributed by atoms with E-state index >= 15 is 0 Å². The molecule has 0 spiro atoms. The molecule has 0 radical (unpaired) electrons. The topological polar surface area (TPSA) is 75.3 Å². The number of rotatable bonds is 3. The maximum Gasteiger partial charge on any atom is 0.333 e. The third kappa shape index (κ3) is 3.69. The number of urea groups is 1. The Bertz CT molecular complexity index is 683. The van der Waals surface area contributed by atoms with Crippen molar-refractivity contribution in [1.29, 1.82) is 0 Å². The molecular formula is C11H9ClN2O3S2. The van der Waals surface area contributed by atoms with Crippen LogP contribution < -0.4 is 10.0 Å². The van der Waals surface area contributed by atoms with Gasteiger partial charge in [0.05, 0.1) is 4.34 Å². The molecule has 0 bridgehead atoms. The average molecular weight is 317 g/mol. The highest BCUT2D eigenvalue weighted by Gasteiger charge is 2.19. The average Bonchev–Trinajstić information content (AvgIpc) is 2.77. The van der Waals surface area contributed by atoms with Crippen molar-refractivity contribution in [2.24, 2.45) is 0 Å². The van der Waals surface area contributed by atoms with Crippen LogP contribution in [0.15, 0.2) is 46.7 Å². The third-order valence-electron chi connectivity index (χ3n) is 2.07. The second-order valence-electron chi connectivity index (χ2n) is 3.48. The van der Waals surface area contributed by atoms with Gasteiger partial charge in [-0.2, -0.15) is 0 Å². The molecule has 0 aliphatic heterocycles. The van der Waals surface area contributed by atoms with Crippen molar-refractivity contribution >= 4 is 44.7 Å². The Hall–Kier alpha value is -1.57. The van der Waals surface area contributed by atoms with Crippen molar-refractivity contribution in [2.45, 2.75) is 4.21 Å². The van der Waals surface area contributed by atoms with Crippen molar-refractivity contribution in [3.8, 4) is 0 Å². The van der Waals surface area contributed by atoms with Crippen molar-refractivity contribution in [1.82, 2.24) is 4.72 Å². The molecule has 2 aromatic rings. The van der Waals surface area contributed by atoms with Crippen LogP contribution in [0.1, 0.15) is 0 Å². The zero-order chi connectivity index (χ0) is 13.9. The van der Waals surface area contributed by atoms with Gasteiger partial charge in [-0.3, -0.25) is 0 Å². The molecule has 2 N–H and O–H groups in total. The van der Waals surface area contributed by atoms with Gasteiger partial charge in [0, 0.05) is 5.69 Å². The molecular weight excluding hydrogens is 308 g/mol. The first-order valence-corrected chi connectivity index (χ1v) is 7.79. The highest BCUT2D eigenvalue weighted by atomic mass is 35.5. The number of nitrogens with one attached hydrogen (secondary N) is 2. The number of para-hydroxylation sites is 1. The normalized spacial score (nSPS) is 11.0. The molecule has 0 aliphatic rings. The summed E-state index contributed by atoms with van der Waals surface area (Å²) in [4.78, 5) is 11.6. The molecule has 1 heterocycles. The summed E-state index contributed by atoms with van der Waals surface area (Å²) in [6.45, 7) is 0. The predicted octanol–water partition coefficient (Wildman–Crippen LogP) is 2.91. The Morgan fingerprint density at radius 3 is 2.37 bits per heavy atom. The molecule has 19 heavy (non-hydrogen) atoms. The number of amides is 2. The van der Waals surface area contributed by atoms with Gasteiger partial charge >= 0.3 is 6.03 Å². The maximum atomic E-state index is 11.8. The zero-order valence-corrected chi connectivity index (χ0v) is 11.8. The molecule has 0 saturated carbocycles. The van der Waals surface area contributed by atoms with E-state index in [2.05, 4.69) is 5.32 Å². The fourth-order valence-electron chi connectivity index (χ4n) is 1.29. The van der Waals surface area contributed by atoms with E-state index in [0.29, 0.717) is 10.0 Å². The van der Waals surface area contributed by atoms with Crippen molar-refractivity contribution in [3.05, 3.63) is 46.8 Å². The van der Waals surface area contributed by atoms with E-state index in [4.69, 9.17) is 11.6 Å². The summed E-state index contributed by atoms with van der Waals surface area (Å²) in [6.07, 6.45) is 0. The lowest BCUT2D eigenvalue weighted by Gasteiger charge is -2.06. The summed E-state index contributed by atoms with van der Waals surface area (Å²) in [5.41, 5.74) is 0.499. The van der Waals surface area contributed by atoms with Crippen LogP contribution in [0, 0.1) is 0 Å². The first-order valence-electron chi connectivity index (χ1n) is 5.11. The van der Waals surface area contributed by atoms with E-state index in [-0.39, 0.29) is 4.21 Å². The zero-order valence-electron chi connectivity index (χ0n) is 9.46. The molecule has 2 rings (SSSR count). The molecule has 0 unspecified atom stereocenters. The van der Waals surface area contributed by atoms with Gasteiger partial charge in [0.25, 0.3) is 10.0 Å². The Labute approximate surface area is 119 Å². The summed E-state index contributed by atoms with van der Waals surface area (Å²) < 4.78 is 25.9. The first-order chi connectivity index (χ1) is 8.97. The highest BCUT2D eigenvalue weighted by Crippen LogP contribution is 2.25. The lowest BCUT2D eigenvalue weighted by Crippen LogP contribution is -2.33. The van der Waals surface area contributed by atoms with Gasteiger partial charge in [0.1, 0.15) is 4.21 Å². The second kappa shape index (κ2) is 5.60. The number of thiophene rings is 1. The number of sulfonamides is 1. The van der Waals surface area contributed by atoms with Crippen LogP contribution in [0.4, 0.5) is 10.5 Å². The molecule has 100 valence electrons. The molecule has 0 aliphatic carbocycles. The van der Waals surface area contributed by atoms with Crippen LogP contribution in [0.2, 0.25) is 4.34 Å². The minimum atomic E-state index is -3.89. The summed E-state index contributed by atoms with van der Waals surface area (Å²) in [7, 11) is -3.89. The molecule has 1 aromatic heterocycles. The lowest BCUT2D eigenvalue weighted by atomic mass is 10.3. The minimum absolute atomic E-state index is 0.0132. The smallest absolute Gasteiger partial charge is 0.307 e. The van der Waals surface area contributed by atoms with Crippen molar-refractivity contribution in [3.63, 3.8) is 0 Å². The van der Waals surface area contributed by atoms with Gasteiger partial charge in [0.2, 0.25) is 0 Å². The van der Waals surface area contributed by atoms with Gasteiger partial charge in [-0.15, -0.1) is 11.3 Å². The highest BCUT2D eigenvalue weighted by molar-refractivity contribution is 7.92. The Morgan fingerprint density at radius 2 is 1.79 bits per heavy atom. The van der Waals surface area contributed by atoms with Gasteiger partial charge in [0.15, 0.2) is 0 Å². The van der Waals surface area contributed by atoms with Gasteiger partial charge < -0.3 is 5.32 Å². The fraction of sp³-hybridized carbons (Fsp3) is 0. The van der Waals surface area contributed by atoms with Crippen LogP contribution in [-0.2, 0) is 10.0 Å². The predicted molar refractivity (Wildman–Crippen MR) is 75.1 cm³/mol. The van der Waals surface area contributed by atoms with Gasteiger partial charge in [-0.05, 0) is 24.3 Å². The Morgan fingerprint density at radius 1 is 1.11 bits per heavy atom. The minimum Gasteiger partial charge on any atom is -0.307 e. The number of hydrogen-bond acceptors (Lipinski definition) is 4. The summed E-state index contributed by atoms with van der Waals surface area (Å²) in [6, 6.07) is 10.5. The number of hydrogen-bond donors (Lipinski definition) is 2. The Balaban J connectivity index is 2.07. The molecule has 0 saturated heterocycles. The van der Waals surface area contributed by atoms with E-state index in [9.17, 15) is 13.2 Å². The van der Waals surface area contributed by atoms with Crippen LogP contribution in [-0.4, -0.2) is 14.4 Å². The molecule has 2 amide bonds. The van der Waals surface area contributed by atoms with Crippen LogP contribution >= 0.6 is 22.9 Å². The van der Waals surface area contributed by atoms with E-state index in [1.54, 1.807) is 30.3 Å². The molecule has 1 aromatic carbocycles. The van der Waals surface area contributed by atoms with Crippen LogP contribution in [0.3, 0.4) is 0 Å². The summed E-state index contributed by atoms with van der Waals surface area (Å²) in [5.74, 6) is 0. The standard InChI is InChI=1S/C11H9ClN2O3S2/c12-9-6-7-10(18-9)19(16,17)14-11(15)13-8-4-2-1-3-5-8/h1-7H,(H2,13,14,15). The molecule has 8 heteroatoms. The molecule has 5 nitrogen and oxygen atoms in total. The van der Waals surface area contributed by atoms with Crippen LogP contribution in [0.5, 0.6) is 0 Å². The van der Waals surface area contributed by atoms with Crippen molar-refractivity contribution < 1.29 is 13.2 Å². The number of carbonyl (C=O) groups is 1. The second-order valence-corrected chi connectivity index (χ2v) is 7.11. The van der Waals surface area contributed by atoms with Crippen molar-refractivity contribution in [2.75, 3.05) is 5.32 Å². The fourth-order valence-corrected chi connectivity index (χ4v) is 3.68. The maximum absolute atomic E-state index is 11.8. The molecule has 0 atom stereocenters. The van der Waals surface area contributed by atoms with E-state index in [0.717, 1.165) is 11.3 Å². The number of carbonyl (C=O) groups excluding carboxylic acids is 1. The van der Waals surface area contributed by atoms with E-state index in [1.807, 2.05) is 4.72 Å². The summed E-state index contributed by atoms with van der Waals surface area (Å²) in [5, 5.41) is 2.42. The van der Waals surface area contributed by atoms with Crippen LogP contribution in [0.25, 0.3) is 0 Å². The van der Waals surface area contributed by atoms with Gasteiger partial charge in [-0.25, -0.2) is 17.9 Å². The number of anilines is 1. The van der Waals surface area contributed by atoms with E-state index < -0.39 is 16.1 Å². The van der Waals surface area contributed by atoms with E-state index in [1.165, 1.54) is 12.1 Å². The SMILES string of the molecule is O=C(Nc1ccccc1)NS(=O)(=O)c1ccc(Cl)s1. The lowest BCUT2D eigenvalue weighted by molar-refractivity contribution is 0.256. The molecule has 0 fully saturated rings. The third-order valence-corrected chi connectivity index (χ3v) is 5.13. The monoisotopic (exact) mass is 316 g/mol. The Kier molecular flexibility index (Phi) is 4.08. The summed E-state index contributed by atoms with van der Waals surface area (Å²) >= 11 is 6.54.